The van der Waals surface area contributed by atoms with Gasteiger partial charge in [-0.2, -0.15) is 5.10 Å². The van der Waals surface area contributed by atoms with Gasteiger partial charge in [-0.25, -0.2) is 15.2 Å². The molecule has 0 radical (unpaired) electrons. The van der Waals surface area contributed by atoms with Crippen LogP contribution in [0.4, 0.5) is 4.79 Å². The number of hydrogen-bond acceptors (Lipinski definition) is 6. The lowest BCUT2D eigenvalue weighted by molar-refractivity contribution is -0.127. The van der Waals surface area contributed by atoms with E-state index < -0.39 is 18.2 Å². The zero-order chi connectivity index (χ0) is 20.4. The van der Waals surface area contributed by atoms with Crippen molar-refractivity contribution < 1.29 is 9.59 Å². The van der Waals surface area contributed by atoms with Gasteiger partial charge in [0.1, 0.15) is 0 Å². The molecule has 9 heteroatoms. The molecule has 2 aliphatic heterocycles. The maximum Gasteiger partial charge on any atom is 0.325 e. The molecule has 2 atom stereocenters. The van der Waals surface area contributed by atoms with Crippen LogP contribution < -0.4 is 10.7 Å². The summed E-state index contributed by atoms with van der Waals surface area (Å²) in [6, 6.07) is 6.37. The van der Waals surface area contributed by atoms with E-state index in [9.17, 15) is 9.59 Å². The molecule has 150 valence electrons. The van der Waals surface area contributed by atoms with Gasteiger partial charge in [0.2, 0.25) is 5.96 Å². The smallest absolute Gasteiger partial charge is 0.325 e. The van der Waals surface area contributed by atoms with Crippen molar-refractivity contribution in [3.05, 3.63) is 34.9 Å². The first-order valence-corrected chi connectivity index (χ1v) is 9.64. The van der Waals surface area contributed by atoms with Crippen molar-refractivity contribution in [3.8, 4) is 0 Å². The number of likely N-dealkylation sites (N-methyl/N-ethyl adjacent to an activating group) is 1. The van der Waals surface area contributed by atoms with E-state index in [1.165, 1.54) is 4.90 Å². The molecule has 1 aromatic rings. The van der Waals surface area contributed by atoms with Crippen molar-refractivity contribution in [3.63, 3.8) is 0 Å². The minimum atomic E-state index is -0.568. The number of hydrogen-bond donors (Lipinski definition) is 2. The Bertz CT molecular complexity index is 820. The van der Waals surface area contributed by atoms with E-state index in [4.69, 9.17) is 11.6 Å². The van der Waals surface area contributed by atoms with Gasteiger partial charge in [-0.05, 0) is 37.0 Å². The maximum absolute atomic E-state index is 12.5. The van der Waals surface area contributed by atoms with Crippen LogP contribution >= 0.6 is 11.6 Å². The van der Waals surface area contributed by atoms with E-state index in [0.717, 1.165) is 17.7 Å². The van der Waals surface area contributed by atoms with Gasteiger partial charge < -0.3 is 9.80 Å². The molecule has 2 N–H and O–H groups in total. The highest BCUT2D eigenvalue weighted by molar-refractivity contribution is 6.30. The summed E-state index contributed by atoms with van der Waals surface area (Å²) < 4.78 is 0. The van der Waals surface area contributed by atoms with Crippen molar-refractivity contribution in [2.24, 2.45) is 16.0 Å². The van der Waals surface area contributed by atoms with Gasteiger partial charge in [0.05, 0.1) is 5.71 Å². The summed E-state index contributed by atoms with van der Waals surface area (Å²) in [5.74, 6) is 0.613. The molecular weight excluding hydrogens is 380 g/mol. The molecule has 0 spiro atoms. The maximum atomic E-state index is 12.5. The van der Waals surface area contributed by atoms with Crippen molar-refractivity contribution >= 4 is 35.2 Å². The molecule has 0 saturated carbocycles. The molecular formula is C19H25ClN6O2. The number of hydrazone groups is 1. The third-order valence-corrected chi connectivity index (χ3v) is 5.15. The van der Waals surface area contributed by atoms with Gasteiger partial charge in [-0.15, -0.1) is 0 Å². The summed E-state index contributed by atoms with van der Waals surface area (Å²) in [4.78, 5) is 32.3. The number of urea groups is 1. The summed E-state index contributed by atoms with van der Waals surface area (Å²) in [5, 5.41) is 7.48. The Labute approximate surface area is 169 Å². The highest BCUT2D eigenvalue weighted by atomic mass is 35.5. The lowest BCUT2D eigenvalue weighted by Crippen LogP contribution is -2.64. The van der Waals surface area contributed by atoms with Gasteiger partial charge in [0.15, 0.2) is 12.2 Å². The van der Waals surface area contributed by atoms with Gasteiger partial charge in [-0.1, -0.05) is 37.6 Å². The Morgan fingerprint density at radius 3 is 2.64 bits per heavy atom. The number of nitrogens with zero attached hydrogens (tertiary/aromatic N) is 4. The molecule has 0 aromatic heterocycles. The predicted molar refractivity (Wildman–Crippen MR) is 109 cm³/mol. The summed E-state index contributed by atoms with van der Waals surface area (Å²) in [6.07, 6.45) is 0.316. The Balaban J connectivity index is 1.83. The molecule has 1 fully saturated rings. The van der Waals surface area contributed by atoms with E-state index in [2.05, 4.69) is 34.7 Å². The number of halogens is 1. The first kappa shape index (κ1) is 20.1. The number of guanidine groups is 1. The zero-order valence-electron chi connectivity index (χ0n) is 16.4. The average Bonchev–Trinajstić information content (AvgIpc) is 3.02. The molecule has 0 bridgehead atoms. The van der Waals surface area contributed by atoms with Crippen LogP contribution in [-0.2, 0) is 4.79 Å². The number of imide groups is 1. The SMILES string of the molecule is C/C(=N\NC1=NC2C(C(=O)NC(=O)N2C)N1CCC(C)C)c1ccc(Cl)cc1. The number of rotatable bonds is 5. The lowest BCUT2D eigenvalue weighted by atomic mass is 10.1. The number of amides is 3. The number of fused-ring (bicyclic) bond motifs is 1. The van der Waals surface area contributed by atoms with Gasteiger partial charge in [0.25, 0.3) is 5.91 Å². The standard InChI is InChI=1S/C19H25ClN6O2/c1-11(2)9-10-26-15-16(25(4)19(28)22-17(15)27)21-18(26)24-23-12(3)13-5-7-14(20)8-6-13/h5-8,11,15-16H,9-10H2,1-4H3,(H,21,24)(H,22,27,28)/b23-12+. The highest BCUT2D eigenvalue weighted by Crippen LogP contribution is 2.24. The molecule has 2 unspecified atom stereocenters. The number of nitrogens with one attached hydrogen (secondary N) is 2. The van der Waals surface area contributed by atoms with E-state index in [1.807, 2.05) is 24.0 Å². The van der Waals surface area contributed by atoms with Crippen LogP contribution in [0.2, 0.25) is 5.02 Å². The minimum Gasteiger partial charge on any atom is -0.326 e. The molecule has 0 aliphatic carbocycles. The first-order chi connectivity index (χ1) is 13.3. The second kappa shape index (κ2) is 8.18. The predicted octanol–water partition coefficient (Wildman–Crippen LogP) is 2.25. The summed E-state index contributed by atoms with van der Waals surface area (Å²) >= 11 is 5.93. The number of benzene rings is 1. The quantitative estimate of drug-likeness (QED) is 0.581. The highest BCUT2D eigenvalue weighted by Gasteiger charge is 2.48. The van der Waals surface area contributed by atoms with Crippen LogP contribution in [0.1, 0.15) is 32.8 Å². The fourth-order valence-electron chi connectivity index (χ4n) is 3.15. The van der Waals surface area contributed by atoms with E-state index in [0.29, 0.717) is 23.4 Å². The number of aliphatic imine (C=N–C) groups is 1. The number of carbonyl (C=O) groups excluding carboxylic acids is 2. The molecule has 28 heavy (non-hydrogen) atoms. The summed E-state index contributed by atoms with van der Waals surface area (Å²) in [5.41, 5.74) is 4.67. The van der Waals surface area contributed by atoms with Gasteiger partial charge >= 0.3 is 6.03 Å². The van der Waals surface area contributed by atoms with E-state index in [1.54, 1.807) is 19.2 Å². The summed E-state index contributed by atoms with van der Waals surface area (Å²) in [7, 11) is 1.63. The molecule has 1 saturated heterocycles. The third-order valence-electron chi connectivity index (χ3n) is 4.89. The largest absolute Gasteiger partial charge is 0.326 e. The van der Waals surface area contributed by atoms with Crippen LogP contribution in [0.25, 0.3) is 0 Å². The molecule has 8 nitrogen and oxygen atoms in total. The van der Waals surface area contributed by atoms with E-state index in [-0.39, 0.29) is 5.91 Å². The second-order valence-electron chi connectivity index (χ2n) is 7.41. The van der Waals surface area contributed by atoms with Crippen LogP contribution in [0.15, 0.2) is 34.4 Å². The second-order valence-corrected chi connectivity index (χ2v) is 7.84. The fraction of sp³-hybridized carbons (Fsp3) is 0.474. The third kappa shape index (κ3) is 4.11. The van der Waals surface area contributed by atoms with Gasteiger partial charge in [0, 0.05) is 18.6 Å². The Morgan fingerprint density at radius 2 is 2.00 bits per heavy atom. The van der Waals surface area contributed by atoms with Crippen molar-refractivity contribution in [1.82, 2.24) is 20.5 Å². The zero-order valence-corrected chi connectivity index (χ0v) is 17.2. The molecule has 2 heterocycles. The van der Waals surface area contributed by atoms with Crippen molar-refractivity contribution in [2.45, 2.75) is 39.4 Å². The first-order valence-electron chi connectivity index (χ1n) is 9.26. The van der Waals surface area contributed by atoms with Gasteiger partial charge in [-0.3, -0.25) is 10.1 Å². The molecule has 2 aliphatic rings. The molecule has 3 rings (SSSR count). The topological polar surface area (TPSA) is 89.4 Å². The van der Waals surface area contributed by atoms with Crippen LogP contribution in [-0.4, -0.2) is 59.2 Å². The minimum absolute atomic E-state index is 0.337. The monoisotopic (exact) mass is 404 g/mol. The van der Waals surface area contributed by atoms with Crippen molar-refractivity contribution in [2.75, 3.05) is 13.6 Å². The molecule has 3 amide bonds. The Morgan fingerprint density at radius 1 is 1.32 bits per heavy atom. The Hall–Kier alpha value is -2.61. The average molecular weight is 405 g/mol. The van der Waals surface area contributed by atoms with Crippen LogP contribution in [0.3, 0.4) is 0 Å². The fourth-order valence-corrected chi connectivity index (χ4v) is 3.28. The lowest BCUT2D eigenvalue weighted by Gasteiger charge is -2.36. The van der Waals surface area contributed by atoms with Crippen LogP contribution in [0, 0.1) is 5.92 Å². The van der Waals surface area contributed by atoms with Crippen LogP contribution in [0.5, 0.6) is 0 Å². The summed E-state index contributed by atoms with van der Waals surface area (Å²) in [6.45, 7) is 6.75. The number of carbonyl (C=O) groups is 2. The van der Waals surface area contributed by atoms with E-state index >= 15 is 0 Å². The van der Waals surface area contributed by atoms with Crippen molar-refractivity contribution in [1.29, 1.82) is 0 Å². The normalized spacial score (nSPS) is 22.4. The Kier molecular flexibility index (Phi) is 5.88. The molecule has 1 aromatic carbocycles.